The van der Waals surface area contributed by atoms with E-state index >= 15 is 0 Å². The number of likely N-dealkylation sites (tertiary alicyclic amines) is 1. The molecule has 0 saturated carbocycles. The van der Waals surface area contributed by atoms with Crippen LogP contribution in [0.25, 0.3) is 10.9 Å². The van der Waals surface area contributed by atoms with Crippen molar-refractivity contribution in [1.82, 2.24) is 20.0 Å². The second kappa shape index (κ2) is 6.51. The van der Waals surface area contributed by atoms with E-state index in [-0.39, 0.29) is 11.8 Å². The minimum Gasteiger partial charge on any atom is -0.481 e. The number of para-hydroxylation sites is 1. The van der Waals surface area contributed by atoms with Crippen LogP contribution in [0.15, 0.2) is 41.2 Å². The van der Waals surface area contributed by atoms with Gasteiger partial charge in [-0.3, -0.25) is 4.79 Å². The molecule has 1 aliphatic rings. The molecule has 0 aliphatic carbocycles. The summed E-state index contributed by atoms with van der Waals surface area (Å²) in [7, 11) is 1.55. The third-order valence-corrected chi connectivity index (χ3v) is 4.58. The third kappa shape index (κ3) is 2.93. The summed E-state index contributed by atoms with van der Waals surface area (Å²) < 4.78 is 10.1. The quantitative estimate of drug-likeness (QED) is 0.730. The summed E-state index contributed by atoms with van der Waals surface area (Å²) in [6.07, 6.45) is 3.19. The van der Waals surface area contributed by atoms with E-state index in [2.05, 4.69) is 15.1 Å². The monoisotopic (exact) mass is 338 g/mol. The Morgan fingerprint density at radius 2 is 2.24 bits per heavy atom. The average molecular weight is 338 g/mol. The van der Waals surface area contributed by atoms with E-state index in [1.54, 1.807) is 13.2 Å². The maximum atomic E-state index is 13.2. The molecule has 0 spiro atoms. The Morgan fingerprint density at radius 3 is 3.04 bits per heavy atom. The van der Waals surface area contributed by atoms with Gasteiger partial charge < -0.3 is 14.2 Å². The van der Waals surface area contributed by atoms with Crippen molar-refractivity contribution in [2.45, 2.75) is 18.8 Å². The van der Waals surface area contributed by atoms with Gasteiger partial charge >= 0.3 is 0 Å². The number of nitrogens with zero attached hydrogens (tertiary/aromatic N) is 4. The molecule has 3 heterocycles. The summed E-state index contributed by atoms with van der Waals surface area (Å²) in [5.41, 5.74) is 1.35. The van der Waals surface area contributed by atoms with Gasteiger partial charge in [0.25, 0.3) is 5.91 Å². The summed E-state index contributed by atoms with van der Waals surface area (Å²) >= 11 is 0. The van der Waals surface area contributed by atoms with E-state index in [0.29, 0.717) is 30.4 Å². The number of methoxy groups -OCH3 is 1. The number of carbonyl (C=O) groups is 1. The highest BCUT2D eigenvalue weighted by molar-refractivity contribution is 6.06. The first-order chi connectivity index (χ1) is 12.3. The lowest BCUT2D eigenvalue weighted by Gasteiger charge is -2.31. The van der Waals surface area contributed by atoms with Crippen LogP contribution in [-0.2, 0) is 0 Å². The number of hydrogen-bond donors (Lipinski definition) is 0. The Hall–Kier alpha value is -2.96. The molecule has 4 rings (SSSR count). The lowest BCUT2D eigenvalue weighted by atomic mass is 9.96. The molecule has 0 radical (unpaired) electrons. The van der Waals surface area contributed by atoms with E-state index in [1.165, 1.54) is 6.39 Å². The van der Waals surface area contributed by atoms with Crippen LogP contribution in [0.3, 0.4) is 0 Å². The number of hydrogen-bond acceptors (Lipinski definition) is 6. The van der Waals surface area contributed by atoms with Crippen LogP contribution in [0, 0.1) is 0 Å². The van der Waals surface area contributed by atoms with Crippen molar-refractivity contribution in [3.8, 4) is 5.88 Å². The van der Waals surface area contributed by atoms with Gasteiger partial charge in [-0.15, -0.1) is 0 Å². The standard InChI is InChI=1S/C18H18N4O3/c1-24-16-9-14(13-6-2-3-7-15(13)20-16)18(23)22-8-4-5-12(10-22)17-19-11-25-21-17/h2-3,6-7,9,11-12H,4-5,8,10H2,1H3/t12-/m1/s1. The number of piperidine rings is 1. The van der Waals surface area contributed by atoms with Crippen LogP contribution in [0.1, 0.15) is 34.9 Å². The molecule has 3 aromatic rings. The Balaban J connectivity index is 1.67. The van der Waals surface area contributed by atoms with Gasteiger partial charge in [0, 0.05) is 30.5 Å². The van der Waals surface area contributed by atoms with Crippen molar-refractivity contribution >= 4 is 16.8 Å². The zero-order valence-corrected chi connectivity index (χ0v) is 13.9. The number of pyridine rings is 1. The second-order valence-corrected chi connectivity index (χ2v) is 6.11. The fourth-order valence-electron chi connectivity index (χ4n) is 3.33. The minimum atomic E-state index is -0.0231. The molecule has 2 aromatic heterocycles. The van der Waals surface area contributed by atoms with Crippen molar-refractivity contribution < 1.29 is 14.1 Å². The van der Waals surface area contributed by atoms with Gasteiger partial charge in [-0.1, -0.05) is 23.4 Å². The van der Waals surface area contributed by atoms with Gasteiger partial charge in [0.2, 0.25) is 12.3 Å². The topological polar surface area (TPSA) is 81.4 Å². The van der Waals surface area contributed by atoms with E-state index in [1.807, 2.05) is 29.2 Å². The fraction of sp³-hybridized carbons (Fsp3) is 0.333. The van der Waals surface area contributed by atoms with E-state index in [4.69, 9.17) is 9.26 Å². The molecule has 7 nitrogen and oxygen atoms in total. The maximum absolute atomic E-state index is 13.2. The van der Waals surface area contributed by atoms with Gasteiger partial charge in [-0.05, 0) is 18.9 Å². The van der Waals surface area contributed by atoms with Crippen molar-refractivity contribution in [3.05, 3.63) is 48.1 Å². The van der Waals surface area contributed by atoms with Gasteiger partial charge in [0.15, 0.2) is 5.82 Å². The summed E-state index contributed by atoms with van der Waals surface area (Å²) in [6.45, 7) is 1.30. The highest BCUT2D eigenvalue weighted by Gasteiger charge is 2.29. The van der Waals surface area contributed by atoms with E-state index in [0.717, 1.165) is 23.7 Å². The van der Waals surface area contributed by atoms with Crippen molar-refractivity contribution in [2.24, 2.45) is 0 Å². The molecule has 7 heteroatoms. The number of aromatic nitrogens is 3. The van der Waals surface area contributed by atoms with Gasteiger partial charge in [0.05, 0.1) is 18.2 Å². The molecule has 1 aliphatic heterocycles. The summed E-state index contributed by atoms with van der Waals surface area (Å²) in [5.74, 6) is 1.18. The minimum absolute atomic E-state index is 0.0231. The van der Waals surface area contributed by atoms with Crippen molar-refractivity contribution in [2.75, 3.05) is 20.2 Å². The maximum Gasteiger partial charge on any atom is 0.254 e. The van der Waals surface area contributed by atoms with Crippen LogP contribution in [-0.4, -0.2) is 46.1 Å². The first kappa shape index (κ1) is 15.6. The zero-order valence-electron chi connectivity index (χ0n) is 13.9. The number of ether oxygens (including phenoxy) is 1. The molecule has 128 valence electrons. The van der Waals surface area contributed by atoms with Crippen LogP contribution in [0.4, 0.5) is 0 Å². The molecular formula is C18H18N4O3. The molecule has 1 aromatic carbocycles. The van der Waals surface area contributed by atoms with E-state index in [9.17, 15) is 4.79 Å². The molecule has 1 atom stereocenters. The molecule has 0 bridgehead atoms. The highest BCUT2D eigenvalue weighted by Crippen LogP contribution is 2.28. The third-order valence-electron chi connectivity index (χ3n) is 4.58. The molecule has 1 fully saturated rings. The first-order valence-corrected chi connectivity index (χ1v) is 8.25. The second-order valence-electron chi connectivity index (χ2n) is 6.11. The van der Waals surface area contributed by atoms with Crippen LogP contribution in [0.5, 0.6) is 5.88 Å². The smallest absolute Gasteiger partial charge is 0.254 e. The molecule has 0 unspecified atom stereocenters. The molecule has 0 N–H and O–H groups in total. The Bertz CT molecular complexity index is 894. The van der Waals surface area contributed by atoms with Crippen molar-refractivity contribution in [1.29, 1.82) is 0 Å². The Kier molecular flexibility index (Phi) is 4.05. The molecule has 1 saturated heterocycles. The molecular weight excluding hydrogens is 320 g/mol. The predicted molar refractivity (Wildman–Crippen MR) is 90.5 cm³/mol. The van der Waals surface area contributed by atoms with Crippen molar-refractivity contribution in [3.63, 3.8) is 0 Å². The largest absolute Gasteiger partial charge is 0.481 e. The number of carbonyl (C=O) groups excluding carboxylic acids is 1. The predicted octanol–water partition coefficient (Wildman–Crippen LogP) is 2.65. The molecule has 1 amide bonds. The lowest BCUT2D eigenvalue weighted by Crippen LogP contribution is -2.39. The fourth-order valence-corrected chi connectivity index (χ4v) is 3.33. The first-order valence-electron chi connectivity index (χ1n) is 8.25. The average Bonchev–Trinajstić information content (AvgIpc) is 3.21. The zero-order chi connectivity index (χ0) is 17.2. The molecule has 25 heavy (non-hydrogen) atoms. The SMILES string of the molecule is COc1cc(C(=O)N2CCC[C@@H](c3ncon3)C2)c2ccccc2n1. The van der Waals surface area contributed by atoms with E-state index < -0.39 is 0 Å². The Labute approximate surface area is 144 Å². The lowest BCUT2D eigenvalue weighted by molar-refractivity contribution is 0.0705. The van der Waals surface area contributed by atoms with Gasteiger partial charge in [0.1, 0.15) is 0 Å². The van der Waals surface area contributed by atoms with Crippen LogP contribution < -0.4 is 4.74 Å². The van der Waals surface area contributed by atoms with Gasteiger partial charge in [-0.2, -0.15) is 4.98 Å². The number of fused-ring (bicyclic) bond motifs is 1. The number of amides is 1. The van der Waals surface area contributed by atoms with Crippen LogP contribution in [0.2, 0.25) is 0 Å². The Morgan fingerprint density at radius 1 is 1.36 bits per heavy atom. The highest BCUT2D eigenvalue weighted by atomic mass is 16.5. The number of benzene rings is 1. The number of rotatable bonds is 3. The normalized spacial score (nSPS) is 17.6. The van der Waals surface area contributed by atoms with Crippen LogP contribution >= 0.6 is 0 Å². The summed E-state index contributed by atoms with van der Waals surface area (Å²) in [5, 5.41) is 4.76. The van der Waals surface area contributed by atoms with Gasteiger partial charge in [-0.25, -0.2) is 4.98 Å². The summed E-state index contributed by atoms with van der Waals surface area (Å²) in [6, 6.07) is 9.31. The summed E-state index contributed by atoms with van der Waals surface area (Å²) in [4.78, 5) is 23.6.